The molecule has 0 radical (unpaired) electrons. The van der Waals surface area contributed by atoms with Gasteiger partial charge in [-0.05, 0) is 49.4 Å². The largest absolute Gasteiger partial charge is 0.334 e. The molecule has 1 N–H and O–H groups in total. The number of nitrogens with one attached hydrogen (secondary N) is 1. The molecule has 162 valence electrons. The number of halogens is 1. The summed E-state index contributed by atoms with van der Waals surface area (Å²) in [4.78, 5) is 21.8. The first-order valence-corrected chi connectivity index (χ1v) is 10.9. The number of anilines is 1. The van der Waals surface area contributed by atoms with Crippen molar-refractivity contribution in [3.05, 3.63) is 70.6 Å². The van der Waals surface area contributed by atoms with Crippen molar-refractivity contribution in [2.45, 2.75) is 13.5 Å². The molecule has 1 saturated heterocycles. The Morgan fingerprint density at radius 1 is 1.10 bits per heavy atom. The third kappa shape index (κ3) is 4.98. The summed E-state index contributed by atoms with van der Waals surface area (Å²) in [6.07, 6.45) is 3.57. The normalized spacial score (nSPS) is 15.2. The first kappa shape index (κ1) is 21.6. The van der Waals surface area contributed by atoms with Gasteiger partial charge < -0.3 is 14.8 Å². The van der Waals surface area contributed by atoms with Crippen molar-refractivity contribution in [3.8, 4) is 11.3 Å². The summed E-state index contributed by atoms with van der Waals surface area (Å²) >= 11 is 6.54. The Morgan fingerprint density at radius 3 is 2.55 bits per heavy atom. The smallest absolute Gasteiger partial charge is 0.255 e. The predicted octanol–water partition coefficient (Wildman–Crippen LogP) is 4.05. The van der Waals surface area contributed by atoms with E-state index in [1.54, 1.807) is 6.33 Å². The van der Waals surface area contributed by atoms with Crippen LogP contribution in [0.5, 0.6) is 0 Å². The van der Waals surface area contributed by atoms with Crippen LogP contribution < -0.4 is 5.32 Å². The highest BCUT2D eigenvalue weighted by molar-refractivity contribution is 6.31. The molecule has 0 aliphatic carbocycles. The van der Waals surface area contributed by atoms with Gasteiger partial charge >= 0.3 is 0 Å². The van der Waals surface area contributed by atoms with Crippen molar-refractivity contribution in [2.75, 3.05) is 38.5 Å². The zero-order valence-electron chi connectivity index (χ0n) is 18.2. The lowest BCUT2D eigenvalue weighted by molar-refractivity contribution is 0.102. The van der Waals surface area contributed by atoms with Crippen LogP contribution in [-0.2, 0) is 13.6 Å². The number of amides is 1. The number of aromatic nitrogens is 2. The first-order chi connectivity index (χ1) is 14.9. The zero-order valence-corrected chi connectivity index (χ0v) is 19.0. The SMILES string of the molecule is Cc1ccc(C(=O)Nc2ccc(CN3CCN(C)CC3)c(Cl)c2)cc1-c1cncn1C. The van der Waals surface area contributed by atoms with E-state index in [0.717, 1.165) is 55.1 Å². The quantitative estimate of drug-likeness (QED) is 0.654. The summed E-state index contributed by atoms with van der Waals surface area (Å²) in [6, 6.07) is 11.5. The van der Waals surface area contributed by atoms with Crippen molar-refractivity contribution in [3.63, 3.8) is 0 Å². The van der Waals surface area contributed by atoms with Gasteiger partial charge in [-0.3, -0.25) is 9.69 Å². The molecule has 1 aliphatic heterocycles. The number of imidazole rings is 1. The minimum atomic E-state index is -0.161. The Bertz CT molecular complexity index is 1090. The Labute approximate surface area is 188 Å². The van der Waals surface area contributed by atoms with Gasteiger partial charge in [0.05, 0.1) is 18.2 Å². The maximum atomic E-state index is 12.9. The second-order valence-electron chi connectivity index (χ2n) is 8.26. The van der Waals surface area contributed by atoms with E-state index in [1.165, 1.54) is 0 Å². The molecule has 7 heteroatoms. The summed E-state index contributed by atoms with van der Waals surface area (Å²) in [5, 5.41) is 3.65. The van der Waals surface area contributed by atoms with Crippen molar-refractivity contribution < 1.29 is 4.79 Å². The molecule has 3 aromatic rings. The third-order valence-corrected chi connectivity index (χ3v) is 6.25. The van der Waals surface area contributed by atoms with E-state index in [4.69, 9.17) is 11.6 Å². The molecule has 1 aliphatic rings. The van der Waals surface area contributed by atoms with Gasteiger partial charge in [0.1, 0.15) is 0 Å². The van der Waals surface area contributed by atoms with Gasteiger partial charge in [-0.15, -0.1) is 0 Å². The van der Waals surface area contributed by atoms with Crippen LogP contribution in [0.1, 0.15) is 21.5 Å². The van der Waals surface area contributed by atoms with Crippen molar-refractivity contribution in [1.82, 2.24) is 19.4 Å². The van der Waals surface area contributed by atoms with Crippen LogP contribution in [0, 0.1) is 6.92 Å². The number of nitrogens with zero attached hydrogens (tertiary/aromatic N) is 4. The molecule has 0 atom stereocenters. The van der Waals surface area contributed by atoms with Gasteiger partial charge in [-0.2, -0.15) is 0 Å². The van der Waals surface area contributed by atoms with Crippen LogP contribution >= 0.6 is 11.6 Å². The minimum Gasteiger partial charge on any atom is -0.334 e. The van der Waals surface area contributed by atoms with Gasteiger partial charge in [-0.25, -0.2) is 4.98 Å². The fourth-order valence-corrected chi connectivity index (χ4v) is 4.10. The summed E-state index contributed by atoms with van der Waals surface area (Å²) < 4.78 is 1.95. The van der Waals surface area contributed by atoms with E-state index < -0.39 is 0 Å². The van der Waals surface area contributed by atoms with Crippen LogP contribution in [0.2, 0.25) is 5.02 Å². The zero-order chi connectivity index (χ0) is 22.0. The molecule has 2 aromatic carbocycles. The van der Waals surface area contributed by atoms with E-state index in [1.807, 2.05) is 61.1 Å². The molecule has 1 aromatic heterocycles. The molecule has 0 spiro atoms. The third-order valence-electron chi connectivity index (χ3n) is 5.89. The molecule has 0 unspecified atom stereocenters. The van der Waals surface area contributed by atoms with Gasteiger partial charge in [0, 0.05) is 61.6 Å². The van der Waals surface area contributed by atoms with Gasteiger partial charge in [0.25, 0.3) is 5.91 Å². The van der Waals surface area contributed by atoms with Gasteiger partial charge in [0.2, 0.25) is 0 Å². The molecular weight excluding hydrogens is 410 g/mol. The van der Waals surface area contributed by atoms with Crippen LogP contribution in [0.4, 0.5) is 5.69 Å². The molecule has 0 bridgehead atoms. The highest BCUT2D eigenvalue weighted by Gasteiger charge is 2.16. The molecule has 4 rings (SSSR count). The molecule has 1 fully saturated rings. The Morgan fingerprint density at radius 2 is 1.87 bits per heavy atom. The summed E-state index contributed by atoms with van der Waals surface area (Å²) in [5.41, 5.74) is 5.44. The van der Waals surface area contributed by atoms with Crippen molar-refractivity contribution >= 4 is 23.2 Å². The number of likely N-dealkylation sites (N-methyl/N-ethyl adjacent to an activating group) is 1. The lowest BCUT2D eigenvalue weighted by atomic mass is 10.0. The molecule has 31 heavy (non-hydrogen) atoms. The highest BCUT2D eigenvalue weighted by Crippen LogP contribution is 2.26. The summed E-state index contributed by atoms with van der Waals surface area (Å²) in [7, 11) is 4.09. The number of hydrogen-bond acceptors (Lipinski definition) is 4. The number of benzene rings is 2. The molecule has 0 saturated carbocycles. The standard InChI is InChI=1S/C24H28ClN5O/c1-17-4-5-18(12-21(17)23-14-26-16-29(23)3)24(31)27-20-7-6-19(22(25)13-20)15-30-10-8-28(2)9-11-30/h4-7,12-14,16H,8-11,15H2,1-3H3,(H,27,31). The maximum Gasteiger partial charge on any atom is 0.255 e. The Hall–Kier alpha value is -2.67. The summed E-state index contributed by atoms with van der Waals surface area (Å²) in [5.74, 6) is -0.161. The van der Waals surface area contributed by atoms with Crippen LogP contribution in [0.3, 0.4) is 0 Å². The number of carbonyl (C=O) groups is 1. The highest BCUT2D eigenvalue weighted by atomic mass is 35.5. The summed E-state index contributed by atoms with van der Waals surface area (Å²) in [6.45, 7) is 7.08. The maximum absolute atomic E-state index is 12.9. The van der Waals surface area contributed by atoms with E-state index in [2.05, 4.69) is 27.1 Å². The Kier molecular flexibility index (Phi) is 6.41. The van der Waals surface area contributed by atoms with Crippen molar-refractivity contribution in [2.24, 2.45) is 7.05 Å². The van der Waals surface area contributed by atoms with E-state index in [9.17, 15) is 4.79 Å². The number of piperazine rings is 1. The fourth-order valence-electron chi connectivity index (χ4n) is 3.86. The van der Waals surface area contributed by atoms with E-state index in [-0.39, 0.29) is 5.91 Å². The second kappa shape index (κ2) is 9.22. The average Bonchev–Trinajstić information content (AvgIpc) is 3.17. The molecule has 6 nitrogen and oxygen atoms in total. The minimum absolute atomic E-state index is 0.161. The van der Waals surface area contributed by atoms with Crippen LogP contribution in [-0.4, -0.2) is 58.5 Å². The average molecular weight is 438 g/mol. The van der Waals surface area contributed by atoms with Crippen molar-refractivity contribution in [1.29, 1.82) is 0 Å². The number of rotatable bonds is 5. The lowest BCUT2D eigenvalue weighted by Gasteiger charge is -2.32. The number of carbonyl (C=O) groups excluding carboxylic acids is 1. The second-order valence-corrected chi connectivity index (χ2v) is 8.67. The molecule has 2 heterocycles. The first-order valence-electron chi connectivity index (χ1n) is 10.5. The fraction of sp³-hybridized carbons (Fsp3) is 0.333. The molecule has 1 amide bonds. The van der Waals surface area contributed by atoms with Gasteiger partial charge in [0.15, 0.2) is 0 Å². The Balaban J connectivity index is 1.46. The monoisotopic (exact) mass is 437 g/mol. The number of aryl methyl sites for hydroxylation is 2. The van der Waals surface area contributed by atoms with Crippen LogP contribution in [0.15, 0.2) is 48.9 Å². The van der Waals surface area contributed by atoms with E-state index >= 15 is 0 Å². The topological polar surface area (TPSA) is 53.4 Å². The van der Waals surface area contributed by atoms with E-state index in [0.29, 0.717) is 16.3 Å². The molecular formula is C24H28ClN5O. The predicted molar refractivity (Wildman–Crippen MR) is 126 cm³/mol. The lowest BCUT2D eigenvalue weighted by Crippen LogP contribution is -2.43. The van der Waals surface area contributed by atoms with Gasteiger partial charge in [-0.1, -0.05) is 23.7 Å². The number of hydrogen-bond donors (Lipinski definition) is 1. The van der Waals surface area contributed by atoms with Crippen LogP contribution in [0.25, 0.3) is 11.3 Å².